The molecule has 1 saturated heterocycles. The van der Waals surface area contributed by atoms with Crippen LogP contribution in [0, 0.1) is 16.0 Å². The predicted octanol–water partition coefficient (Wildman–Crippen LogP) is 2.30. The van der Waals surface area contributed by atoms with Crippen LogP contribution in [0.25, 0.3) is 0 Å². The highest BCUT2D eigenvalue weighted by Crippen LogP contribution is 2.28. The number of hydrogen-bond donors (Lipinski definition) is 2. The summed E-state index contributed by atoms with van der Waals surface area (Å²) in [5.74, 6) is -0.166. The van der Waals surface area contributed by atoms with Crippen molar-refractivity contribution in [2.24, 2.45) is 5.92 Å². The molecule has 1 atom stereocenters. The van der Waals surface area contributed by atoms with E-state index in [-0.39, 0.29) is 17.5 Å². The number of hydrogen-bond acceptors (Lipinski definition) is 4. The summed E-state index contributed by atoms with van der Waals surface area (Å²) >= 11 is 3.11. The van der Waals surface area contributed by atoms with Crippen molar-refractivity contribution in [3.05, 3.63) is 32.8 Å². The summed E-state index contributed by atoms with van der Waals surface area (Å²) in [6.45, 7) is 1.60. The van der Waals surface area contributed by atoms with Crippen molar-refractivity contribution in [2.75, 3.05) is 18.4 Å². The number of nitrogens with zero attached hydrogens (tertiary/aromatic N) is 1. The van der Waals surface area contributed by atoms with E-state index < -0.39 is 4.92 Å². The van der Waals surface area contributed by atoms with Gasteiger partial charge in [-0.1, -0.05) is 0 Å². The van der Waals surface area contributed by atoms with Gasteiger partial charge in [-0.2, -0.15) is 0 Å². The molecule has 2 rings (SSSR count). The number of nitro groups is 1. The summed E-state index contributed by atoms with van der Waals surface area (Å²) in [5, 5.41) is 16.7. The first-order chi connectivity index (χ1) is 9.08. The maximum atomic E-state index is 12.0. The lowest BCUT2D eigenvalue weighted by Gasteiger charge is -2.21. The van der Waals surface area contributed by atoms with Crippen LogP contribution in [0.1, 0.15) is 12.8 Å². The van der Waals surface area contributed by atoms with E-state index in [4.69, 9.17) is 0 Å². The van der Waals surface area contributed by atoms with Crippen LogP contribution >= 0.6 is 15.9 Å². The molecule has 0 radical (unpaired) electrons. The molecule has 6 nitrogen and oxygen atoms in total. The molecule has 0 spiro atoms. The molecule has 1 aliphatic heterocycles. The van der Waals surface area contributed by atoms with Crippen LogP contribution in [0.15, 0.2) is 22.7 Å². The predicted molar refractivity (Wildman–Crippen MR) is 75.0 cm³/mol. The Labute approximate surface area is 118 Å². The fraction of sp³-hybridized carbons (Fsp3) is 0.417. The maximum absolute atomic E-state index is 12.0. The monoisotopic (exact) mass is 327 g/mol. The molecule has 1 amide bonds. The van der Waals surface area contributed by atoms with Crippen molar-refractivity contribution in [1.82, 2.24) is 5.32 Å². The normalized spacial score (nSPS) is 18.9. The van der Waals surface area contributed by atoms with E-state index in [1.807, 2.05) is 0 Å². The molecule has 2 N–H and O–H groups in total. The zero-order chi connectivity index (χ0) is 13.8. The first-order valence-corrected chi connectivity index (χ1v) is 6.83. The van der Waals surface area contributed by atoms with E-state index in [9.17, 15) is 14.9 Å². The van der Waals surface area contributed by atoms with Crippen molar-refractivity contribution < 1.29 is 9.72 Å². The minimum absolute atomic E-state index is 0.0560. The molecule has 0 aromatic heterocycles. The molecule has 1 fully saturated rings. The summed E-state index contributed by atoms with van der Waals surface area (Å²) in [7, 11) is 0. The van der Waals surface area contributed by atoms with Gasteiger partial charge in [-0.3, -0.25) is 14.9 Å². The number of nitro benzene ring substituents is 1. The van der Waals surface area contributed by atoms with Crippen molar-refractivity contribution >= 4 is 33.2 Å². The van der Waals surface area contributed by atoms with E-state index in [0.717, 1.165) is 19.4 Å². The number of benzene rings is 1. The van der Waals surface area contributed by atoms with Gasteiger partial charge < -0.3 is 10.6 Å². The molecule has 0 bridgehead atoms. The highest BCUT2D eigenvalue weighted by Gasteiger charge is 2.21. The van der Waals surface area contributed by atoms with E-state index in [0.29, 0.717) is 16.7 Å². The van der Waals surface area contributed by atoms with E-state index in [1.54, 1.807) is 12.1 Å². The van der Waals surface area contributed by atoms with Crippen LogP contribution in [0.4, 0.5) is 11.4 Å². The topological polar surface area (TPSA) is 84.3 Å². The number of carbonyl (C=O) groups is 1. The number of halogens is 1. The smallest absolute Gasteiger partial charge is 0.285 e. The highest BCUT2D eigenvalue weighted by atomic mass is 79.9. The molecular weight excluding hydrogens is 314 g/mol. The van der Waals surface area contributed by atoms with E-state index in [2.05, 4.69) is 26.6 Å². The van der Waals surface area contributed by atoms with Crippen LogP contribution < -0.4 is 10.6 Å². The number of piperidine rings is 1. The average molecular weight is 328 g/mol. The lowest BCUT2D eigenvalue weighted by molar-refractivity contribution is -0.385. The van der Waals surface area contributed by atoms with Gasteiger partial charge >= 0.3 is 0 Å². The molecule has 0 unspecified atom stereocenters. The van der Waals surface area contributed by atoms with Crippen LogP contribution in [-0.4, -0.2) is 23.9 Å². The van der Waals surface area contributed by atoms with Gasteiger partial charge in [-0.05, 0) is 47.4 Å². The average Bonchev–Trinajstić information content (AvgIpc) is 2.41. The Morgan fingerprint density at radius 3 is 2.95 bits per heavy atom. The summed E-state index contributed by atoms with van der Waals surface area (Å²) in [5.41, 5.74) is 0.394. The molecular formula is C12H14BrN3O3. The van der Waals surface area contributed by atoms with Gasteiger partial charge in [-0.15, -0.1) is 0 Å². The van der Waals surface area contributed by atoms with Gasteiger partial charge in [0.2, 0.25) is 5.91 Å². The molecule has 1 aromatic carbocycles. The van der Waals surface area contributed by atoms with Crippen LogP contribution in [0.3, 0.4) is 0 Å². The Morgan fingerprint density at radius 2 is 2.32 bits per heavy atom. The third-order valence-electron chi connectivity index (χ3n) is 3.08. The van der Waals surface area contributed by atoms with Crippen molar-refractivity contribution in [3.63, 3.8) is 0 Å². The first-order valence-electron chi connectivity index (χ1n) is 6.03. The van der Waals surface area contributed by atoms with Gasteiger partial charge in [0.1, 0.15) is 0 Å². The molecule has 0 saturated carbocycles. The second-order valence-corrected chi connectivity index (χ2v) is 5.31. The fourth-order valence-electron chi connectivity index (χ4n) is 2.05. The van der Waals surface area contributed by atoms with Gasteiger partial charge in [0.05, 0.1) is 15.3 Å². The number of amides is 1. The quantitative estimate of drug-likeness (QED) is 0.659. The summed E-state index contributed by atoms with van der Waals surface area (Å²) < 4.78 is 0.398. The Balaban J connectivity index is 2.08. The van der Waals surface area contributed by atoms with Crippen LogP contribution in [0.5, 0.6) is 0 Å². The Hall–Kier alpha value is -1.47. The Morgan fingerprint density at radius 1 is 1.53 bits per heavy atom. The second kappa shape index (κ2) is 6.12. The van der Waals surface area contributed by atoms with Crippen LogP contribution in [0.2, 0.25) is 0 Å². The van der Waals surface area contributed by atoms with E-state index >= 15 is 0 Å². The molecule has 1 aliphatic rings. The zero-order valence-electron chi connectivity index (χ0n) is 10.2. The molecule has 0 aliphatic carbocycles. The molecule has 7 heteroatoms. The summed E-state index contributed by atoms with van der Waals surface area (Å²) in [6.07, 6.45) is 1.82. The van der Waals surface area contributed by atoms with Crippen molar-refractivity contribution in [1.29, 1.82) is 0 Å². The van der Waals surface area contributed by atoms with Gasteiger partial charge in [0.25, 0.3) is 5.69 Å². The van der Waals surface area contributed by atoms with Gasteiger partial charge in [-0.25, -0.2) is 0 Å². The van der Waals surface area contributed by atoms with Crippen LogP contribution in [-0.2, 0) is 4.79 Å². The SMILES string of the molecule is O=C(Nc1ccc(Br)c([N+](=O)[O-])c1)[C@@H]1CCCNC1. The van der Waals surface area contributed by atoms with Gasteiger partial charge in [0.15, 0.2) is 0 Å². The zero-order valence-corrected chi connectivity index (χ0v) is 11.8. The highest BCUT2D eigenvalue weighted by molar-refractivity contribution is 9.10. The third-order valence-corrected chi connectivity index (χ3v) is 3.75. The number of carbonyl (C=O) groups excluding carboxylic acids is 1. The summed E-state index contributed by atoms with van der Waals surface area (Å²) in [6, 6.07) is 4.57. The summed E-state index contributed by atoms with van der Waals surface area (Å²) in [4.78, 5) is 22.3. The molecule has 1 heterocycles. The standard InChI is InChI=1S/C12H14BrN3O3/c13-10-4-3-9(6-11(10)16(18)19)15-12(17)8-2-1-5-14-7-8/h3-4,6,8,14H,1-2,5,7H2,(H,15,17)/t8-/m1/s1. The number of anilines is 1. The maximum Gasteiger partial charge on any atom is 0.285 e. The lowest BCUT2D eigenvalue weighted by atomic mass is 9.99. The minimum atomic E-state index is -0.484. The van der Waals surface area contributed by atoms with Crippen molar-refractivity contribution in [2.45, 2.75) is 12.8 Å². The van der Waals surface area contributed by atoms with E-state index in [1.165, 1.54) is 6.07 Å². The molecule has 102 valence electrons. The number of rotatable bonds is 3. The van der Waals surface area contributed by atoms with Crippen molar-refractivity contribution in [3.8, 4) is 0 Å². The fourth-order valence-corrected chi connectivity index (χ4v) is 2.44. The Bertz CT molecular complexity index is 501. The Kier molecular flexibility index (Phi) is 4.49. The largest absolute Gasteiger partial charge is 0.326 e. The first kappa shape index (κ1) is 14.0. The molecule has 1 aromatic rings. The lowest BCUT2D eigenvalue weighted by Crippen LogP contribution is -2.37. The minimum Gasteiger partial charge on any atom is -0.326 e. The number of nitrogens with one attached hydrogen (secondary N) is 2. The third kappa shape index (κ3) is 3.51. The van der Waals surface area contributed by atoms with Gasteiger partial charge in [0, 0.05) is 18.3 Å². The second-order valence-electron chi connectivity index (χ2n) is 4.46. The molecule has 19 heavy (non-hydrogen) atoms.